The second-order valence-corrected chi connectivity index (χ2v) is 4.17. The molecule has 3 rings (SSSR count). The molecule has 0 saturated carbocycles. The Bertz CT molecular complexity index is 684. The Morgan fingerprint density at radius 2 is 2.28 bits per heavy atom. The predicted octanol–water partition coefficient (Wildman–Crippen LogP) is 2.67. The van der Waals surface area contributed by atoms with Crippen molar-refractivity contribution in [3.8, 4) is 11.5 Å². The van der Waals surface area contributed by atoms with Crippen LogP contribution in [-0.4, -0.2) is 22.2 Å². The normalized spacial score (nSPS) is 11.2. The van der Waals surface area contributed by atoms with E-state index in [1.165, 1.54) is 0 Å². The van der Waals surface area contributed by atoms with Crippen LogP contribution in [0.4, 0.5) is 0 Å². The Labute approximate surface area is 104 Å². The van der Waals surface area contributed by atoms with E-state index in [9.17, 15) is 0 Å². The number of aromatic nitrogens is 3. The van der Waals surface area contributed by atoms with Gasteiger partial charge in [0, 0.05) is 13.2 Å². The fourth-order valence-electron chi connectivity index (χ4n) is 1.93. The highest BCUT2D eigenvalue weighted by Gasteiger charge is 2.11. The summed E-state index contributed by atoms with van der Waals surface area (Å²) in [6.07, 6.45) is 0. The number of hydrogen-bond donors (Lipinski definition) is 1. The number of para-hydroxylation sites is 1. The van der Waals surface area contributed by atoms with Gasteiger partial charge < -0.3 is 14.2 Å². The fraction of sp³-hybridized carbons (Fsp3) is 0.231. The van der Waals surface area contributed by atoms with Gasteiger partial charge in [-0.1, -0.05) is 17.3 Å². The molecule has 92 valence electrons. The quantitative estimate of drug-likeness (QED) is 0.768. The zero-order valence-corrected chi connectivity index (χ0v) is 10.2. The van der Waals surface area contributed by atoms with Gasteiger partial charge in [-0.3, -0.25) is 0 Å². The number of aryl methyl sites for hydroxylation is 1. The largest absolute Gasteiger partial charge is 0.377 e. The lowest BCUT2D eigenvalue weighted by Crippen LogP contribution is -1.82. The third-order valence-electron chi connectivity index (χ3n) is 2.80. The maximum absolute atomic E-state index is 5.15. The second kappa shape index (κ2) is 4.27. The smallest absolute Gasteiger partial charge is 0.163 e. The molecule has 0 fully saturated rings. The van der Waals surface area contributed by atoms with Crippen molar-refractivity contribution in [3.63, 3.8) is 0 Å². The topological polar surface area (TPSA) is 63.9 Å². The predicted molar refractivity (Wildman–Crippen MR) is 67.0 cm³/mol. The van der Waals surface area contributed by atoms with E-state index in [1.54, 1.807) is 7.11 Å². The van der Waals surface area contributed by atoms with Gasteiger partial charge in [0.15, 0.2) is 11.6 Å². The summed E-state index contributed by atoms with van der Waals surface area (Å²) in [6, 6.07) is 7.86. The van der Waals surface area contributed by atoms with Crippen molar-refractivity contribution in [3.05, 3.63) is 35.6 Å². The van der Waals surface area contributed by atoms with Crippen molar-refractivity contribution in [2.45, 2.75) is 13.5 Å². The van der Waals surface area contributed by atoms with Gasteiger partial charge in [0.2, 0.25) is 0 Å². The van der Waals surface area contributed by atoms with Gasteiger partial charge in [0.1, 0.15) is 12.3 Å². The van der Waals surface area contributed by atoms with Crippen LogP contribution < -0.4 is 0 Å². The standard InChI is InChI=1S/C13H13N3O2/c1-8-4-3-5-10-12(8)15-13(14-10)11-6-9(7-17-2)18-16-11/h3-6H,7H2,1-2H3,(H,14,15). The highest BCUT2D eigenvalue weighted by atomic mass is 16.5. The molecule has 0 amide bonds. The number of aromatic amines is 1. The van der Waals surface area contributed by atoms with Gasteiger partial charge in [-0.25, -0.2) is 4.98 Å². The molecule has 18 heavy (non-hydrogen) atoms. The molecule has 0 aliphatic rings. The minimum absolute atomic E-state index is 0.409. The average Bonchev–Trinajstić information content (AvgIpc) is 2.96. The van der Waals surface area contributed by atoms with Crippen LogP contribution >= 0.6 is 0 Å². The zero-order valence-electron chi connectivity index (χ0n) is 10.2. The molecule has 0 saturated heterocycles. The van der Waals surface area contributed by atoms with Crippen molar-refractivity contribution >= 4 is 11.0 Å². The SMILES string of the molecule is COCc1cc(-c2nc3c(C)cccc3[nH]2)no1. The van der Waals surface area contributed by atoms with Crippen LogP contribution in [-0.2, 0) is 11.3 Å². The molecule has 0 aliphatic heterocycles. The highest BCUT2D eigenvalue weighted by molar-refractivity contribution is 5.81. The number of hydrogen-bond acceptors (Lipinski definition) is 4. The van der Waals surface area contributed by atoms with Crippen LogP contribution in [0.15, 0.2) is 28.8 Å². The number of nitrogens with one attached hydrogen (secondary N) is 1. The monoisotopic (exact) mass is 243 g/mol. The van der Waals surface area contributed by atoms with Gasteiger partial charge in [-0.2, -0.15) is 0 Å². The molecule has 2 heterocycles. The molecular weight excluding hydrogens is 230 g/mol. The Morgan fingerprint density at radius 1 is 1.39 bits per heavy atom. The second-order valence-electron chi connectivity index (χ2n) is 4.17. The Morgan fingerprint density at radius 3 is 3.06 bits per heavy atom. The molecule has 3 aromatic rings. The summed E-state index contributed by atoms with van der Waals surface area (Å²) in [7, 11) is 1.62. The van der Waals surface area contributed by atoms with Crippen LogP contribution in [0.5, 0.6) is 0 Å². The Hall–Kier alpha value is -2.14. The zero-order chi connectivity index (χ0) is 12.5. The first-order chi connectivity index (χ1) is 8.78. The molecule has 0 aliphatic carbocycles. The summed E-state index contributed by atoms with van der Waals surface area (Å²) in [4.78, 5) is 7.77. The summed E-state index contributed by atoms with van der Waals surface area (Å²) in [5.74, 6) is 1.40. The third kappa shape index (κ3) is 1.78. The van der Waals surface area contributed by atoms with Crippen molar-refractivity contribution in [2.75, 3.05) is 7.11 Å². The van der Waals surface area contributed by atoms with Crippen LogP contribution in [0.25, 0.3) is 22.6 Å². The van der Waals surface area contributed by atoms with E-state index in [0.717, 1.165) is 16.6 Å². The maximum Gasteiger partial charge on any atom is 0.163 e. The number of methoxy groups -OCH3 is 1. The summed E-state index contributed by atoms with van der Waals surface area (Å²) < 4.78 is 10.1. The maximum atomic E-state index is 5.15. The van der Waals surface area contributed by atoms with E-state index >= 15 is 0 Å². The Kier molecular flexibility index (Phi) is 2.60. The Balaban J connectivity index is 2.05. The third-order valence-corrected chi connectivity index (χ3v) is 2.80. The number of benzene rings is 1. The minimum atomic E-state index is 0.409. The lowest BCUT2D eigenvalue weighted by Gasteiger charge is -1.90. The van der Waals surface area contributed by atoms with E-state index in [-0.39, 0.29) is 0 Å². The van der Waals surface area contributed by atoms with Crippen LogP contribution in [0.1, 0.15) is 11.3 Å². The number of rotatable bonds is 3. The summed E-state index contributed by atoms with van der Waals surface area (Å²) >= 11 is 0. The average molecular weight is 243 g/mol. The first kappa shape index (κ1) is 11.0. The van der Waals surface area contributed by atoms with Crippen LogP contribution in [0.2, 0.25) is 0 Å². The first-order valence-electron chi connectivity index (χ1n) is 5.68. The summed E-state index contributed by atoms with van der Waals surface area (Å²) in [5, 5.41) is 3.98. The minimum Gasteiger partial charge on any atom is -0.377 e. The van der Waals surface area contributed by atoms with Gasteiger partial charge >= 0.3 is 0 Å². The number of fused-ring (bicyclic) bond motifs is 1. The number of H-pyrrole nitrogens is 1. The van der Waals surface area contributed by atoms with Gasteiger partial charge in [-0.05, 0) is 18.6 Å². The molecule has 5 heteroatoms. The number of ether oxygens (including phenoxy) is 1. The fourth-order valence-corrected chi connectivity index (χ4v) is 1.93. The van der Waals surface area contributed by atoms with Gasteiger partial charge in [0.05, 0.1) is 11.0 Å². The van der Waals surface area contributed by atoms with Crippen LogP contribution in [0, 0.1) is 6.92 Å². The van der Waals surface area contributed by atoms with Crippen molar-refractivity contribution in [2.24, 2.45) is 0 Å². The summed E-state index contributed by atoms with van der Waals surface area (Å²) in [5.41, 5.74) is 3.79. The summed E-state index contributed by atoms with van der Waals surface area (Å²) in [6.45, 7) is 2.44. The molecule has 0 bridgehead atoms. The molecule has 0 radical (unpaired) electrons. The van der Waals surface area contributed by atoms with Gasteiger partial charge in [-0.15, -0.1) is 0 Å². The lowest BCUT2D eigenvalue weighted by atomic mass is 10.2. The van der Waals surface area contributed by atoms with Crippen LogP contribution in [0.3, 0.4) is 0 Å². The molecule has 5 nitrogen and oxygen atoms in total. The van der Waals surface area contributed by atoms with E-state index < -0.39 is 0 Å². The van der Waals surface area contributed by atoms with E-state index in [4.69, 9.17) is 9.26 Å². The molecular formula is C13H13N3O2. The number of nitrogens with zero attached hydrogens (tertiary/aromatic N) is 2. The number of imidazole rings is 1. The van der Waals surface area contributed by atoms with Crippen molar-refractivity contribution in [1.29, 1.82) is 0 Å². The van der Waals surface area contributed by atoms with Gasteiger partial charge in [0.25, 0.3) is 0 Å². The molecule has 1 N–H and O–H groups in total. The van der Waals surface area contributed by atoms with Crippen molar-refractivity contribution in [1.82, 2.24) is 15.1 Å². The molecule has 0 spiro atoms. The highest BCUT2D eigenvalue weighted by Crippen LogP contribution is 2.22. The van der Waals surface area contributed by atoms with E-state index in [0.29, 0.717) is 23.9 Å². The van der Waals surface area contributed by atoms with E-state index in [1.807, 2.05) is 31.2 Å². The molecule has 2 aromatic heterocycles. The van der Waals surface area contributed by atoms with Crippen molar-refractivity contribution < 1.29 is 9.26 Å². The lowest BCUT2D eigenvalue weighted by molar-refractivity contribution is 0.156. The molecule has 1 aromatic carbocycles. The molecule has 0 atom stereocenters. The van der Waals surface area contributed by atoms with E-state index in [2.05, 4.69) is 15.1 Å². The first-order valence-corrected chi connectivity index (χ1v) is 5.68. The molecule has 0 unspecified atom stereocenters.